The van der Waals surface area contributed by atoms with E-state index in [9.17, 15) is 9.59 Å². The normalized spacial score (nSPS) is 12.6. The van der Waals surface area contributed by atoms with Gasteiger partial charge < -0.3 is 4.57 Å². The van der Waals surface area contributed by atoms with Crippen molar-refractivity contribution in [3.05, 3.63) is 75.7 Å². The Bertz CT molecular complexity index is 1360. The molecule has 9 nitrogen and oxygen atoms in total. The number of aromatic amines is 1. The van der Waals surface area contributed by atoms with Crippen LogP contribution in [0.2, 0.25) is 0 Å². The number of carbonyl (C=O) groups excluding carboxylic acids is 1. The Kier molecular flexibility index (Phi) is 5.52. The van der Waals surface area contributed by atoms with Crippen LogP contribution in [0.5, 0.6) is 0 Å². The molecule has 166 valence electrons. The lowest BCUT2D eigenvalue weighted by atomic mass is 9.94. The first-order chi connectivity index (χ1) is 16.1. The van der Waals surface area contributed by atoms with Crippen LogP contribution in [0.4, 0.5) is 5.95 Å². The summed E-state index contributed by atoms with van der Waals surface area (Å²) >= 11 is 0. The average molecular weight is 441 g/mol. The van der Waals surface area contributed by atoms with Gasteiger partial charge in [-0.2, -0.15) is 4.98 Å². The van der Waals surface area contributed by atoms with Crippen molar-refractivity contribution in [3.63, 3.8) is 0 Å². The van der Waals surface area contributed by atoms with Gasteiger partial charge in [-0.25, -0.2) is 5.10 Å². The second kappa shape index (κ2) is 8.78. The second-order valence-electron chi connectivity index (χ2n) is 8.08. The lowest BCUT2D eigenvalue weighted by molar-refractivity contribution is -0.115. The monoisotopic (exact) mass is 441 g/mol. The number of benzene rings is 2. The lowest BCUT2D eigenvalue weighted by Gasteiger charge is -2.15. The number of carbonyl (C=O) groups is 1. The van der Waals surface area contributed by atoms with Crippen molar-refractivity contribution >= 4 is 11.9 Å². The zero-order valence-electron chi connectivity index (χ0n) is 18.2. The molecule has 2 aromatic heterocycles. The summed E-state index contributed by atoms with van der Waals surface area (Å²) in [5, 5.41) is 17.1. The van der Waals surface area contributed by atoms with E-state index in [0.29, 0.717) is 30.2 Å². The molecule has 1 aliphatic rings. The molecular formula is C24H23N7O2. The number of amides is 1. The minimum Gasteiger partial charge on any atom is -0.306 e. The van der Waals surface area contributed by atoms with Gasteiger partial charge in [-0.15, -0.1) is 5.10 Å². The first-order valence-corrected chi connectivity index (χ1v) is 11.0. The quantitative estimate of drug-likeness (QED) is 0.455. The first-order valence-electron chi connectivity index (χ1n) is 11.0. The molecule has 0 unspecified atom stereocenters. The molecule has 0 spiro atoms. The fourth-order valence-electron chi connectivity index (χ4n) is 4.26. The molecule has 0 saturated heterocycles. The van der Waals surface area contributed by atoms with Crippen LogP contribution in [0.3, 0.4) is 0 Å². The Morgan fingerprint density at radius 1 is 1.06 bits per heavy atom. The molecule has 0 bridgehead atoms. The topological polar surface area (TPSA) is 118 Å². The molecule has 33 heavy (non-hydrogen) atoms. The number of nitrogens with one attached hydrogen (secondary N) is 2. The third kappa shape index (κ3) is 4.05. The summed E-state index contributed by atoms with van der Waals surface area (Å²) in [5.74, 6) is 0.748. The number of nitrogens with zero attached hydrogens (tertiary/aromatic N) is 5. The average Bonchev–Trinajstić information content (AvgIpc) is 3.49. The Labute approximate surface area is 189 Å². The van der Waals surface area contributed by atoms with Gasteiger partial charge in [0.2, 0.25) is 11.9 Å². The van der Waals surface area contributed by atoms with Crippen molar-refractivity contribution in [2.75, 3.05) is 5.32 Å². The molecule has 0 aliphatic carbocycles. The Morgan fingerprint density at radius 2 is 1.91 bits per heavy atom. The highest BCUT2D eigenvalue weighted by atomic mass is 16.2. The molecule has 0 atom stereocenters. The van der Waals surface area contributed by atoms with Crippen LogP contribution in [0.25, 0.3) is 22.5 Å². The van der Waals surface area contributed by atoms with Gasteiger partial charge in [0.1, 0.15) is 6.54 Å². The number of aromatic nitrogens is 6. The molecule has 9 heteroatoms. The maximum atomic E-state index is 13.0. The third-order valence-corrected chi connectivity index (χ3v) is 5.87. The van der Waals surface area contributed by atoms with Gasteiger partial charge in [0.25, 0.3) is 5.56 Å². The van der Waals surface area contributed by atoms with Crippen LogP contribution in [0.1, 0.15) is 36.6 Å². The number of fused-ring (bicyclic) bond motifs is 1. The van der Waals surface area contributed by atoms with Gasteiger partial charge >= 0.3 is 0 Å². The molecule has 1 aliphatic heterocycles. The minimum absolute atomic E-state index is 0.149. The van der Waals surface area contributed by atoms with Crippen molar-refractivity contribution in [2.24, 2.45) is 0 Å². The van der Waals surface area contributed by atoms with Gasteiger partial charge in [0.15, 0.2) is 5.82 Å². The standard InChI is InChI=1S/C24H23N7O2/c1-2-3-9-20-19(23(33)26-24-25-21(32)14-31(20)24)13-15-10-11-17(16-7-5-4-6-8-16)18(12-15)22-27-29-30-28-22/h4-8,10-12H,2-3,9,13-14H2,1H3,(H,25,26,32,33)(H,27,28,29,30). The predicted octanol–water partition coefficient (Wildman–Crippen LogP) is 2.98. The number of anilines is 1. The Morgan fingerprint density at radius 3 is 2.67 bits per heavy atom. The summed E-state index contributed by atoms with van der Waals surface area (Å²) in [6, 6.07) is 16.1. The largest absolute Gasteiger partial charge is 0.306 e. The summed E-state index contributed by atoms with van der Waals surface area (Å²) in [4.78, 5) is 29.1. The van der Waals surface area contributed by atoms with E-state index in [4.69, 9.17) is 0 Å². The van der Waals surface area contributed by atoms with Crippen LogP contribution in [-0.2, 0) is 24.2 Å². The van der Waals surface area contributed by atoms with Crippen molar-refractivity contribution in [2.45, 2.75) is 39.2 Å². The number of hydrogen-bond donors (Lipinski definition) is 2. The first kappa shape index (κ1) is 20.7. The van der Waals surface area contributed by atoms with Crippen LogP contribution in [0.15, 0.2) is 53.3 Å². The molecule has 5 rings (SSSR count). The summed E-state index contributed by atoms with van der Waals surface area (Å²) in [5.41, 5.74) is 5.02. The summed E-state index contributed by atoms with van der Waals surface area (Å²) in [6.07, 6.45) is 3.03. The van der Waals surface area contributed by atoms with Gasteiger partial charge in [0.05, 0.1) is 0 Å². The number of unbranched alkanes of at least 4 members (excludes halogenated alkanes) is 1. The summed E-state index contributed by atoms with van der Waals surface area (Å²) in [6.45, 7) is 2.30. The highest BCUT2D eigenvalue weighted by Gasteiger charge is 2.25. The molecule has 4 aromatic rings. The van der Waals surface area contributed by atoms with E-state index in [1.165, 1.54) is 0 Å². The summed E-state index contributed by atoms with van der Waals surface area (Å²) in [7, 11) is 0. The van der Waals surface area contributed by atoms with E-state index in [1.807, 2.05) is 53.1 Å². The highest BCUT2D eigenvalue weighted by molar-refractivity contribution is 5.92. The SMILES string of the molecule is CCCCc1c(Cc2ccc(-c3ccccc3)c(-c3nnn[nH]3)c2)c(=O)nc2n1CC(=O)N2. The number of rotatable bonds is 7. The Balaban J connectivity index is 1.59. The minimum atomic E-state index is -0.301. The van der Waals surface area contributed by atoms with Crippen molar-refractivity contribution in [3.8, 4) is 22.5 Å². The van der Waals surface area contributed by atoms with E-state index in [1.54, 1.807) is 0 Å². The van der Waals surface area contributed by atoms with Crippen LogP contribution < -0.4 is 10.9 Å². The predicted molar refractivity (Wildman–Crippen MR) is 124 cm³/mol. The van der Waals surface area contributed by atoms with Crippen molar-refractivity contribution < 1.29 is 4.79 Å². The molecular weight excluding hydrogens is 418 g/mol. The second-order valence-corrected chi connectivity index (χ2v) is 8.08. The third-order valence-electron chi connectivity index (χ3n) is 5.87. The van der Waals surface area contributed by atoms with Crippen molar-refractivity contribution in [1.82, 2.24) is 30.2 Å². The smallest absolute Gasteiger partial charge is 0.278 e. The number of hydrogen-bond acceptors (Lipinski definition) is 6. The fourth-order valence-corrected chi connectivity index (χ4v) is 4.26. The van der Waals surface area contributed by atoms with Gasteiger partial charge in [-0.1, -0.05) is 55.8 Å². The lowest BCUT2D eigenvalue weighted by Crippen LogP contribution is -2.22. The Hall–Kier alpha value is -4.14. The van der Waals surface area contributed by atoms with Gasteiger partial charge in [-0.05, 0) is 46.0 Å². The number of H-pyrrole nitrogens is 1. The molecule has 0 radical (unpaired) electrons. The molecule has 0 fully saturated rings. The van der Waals surface area contributed by atoms with Crippen LogP contribution >= 0.6 is 0 Å². The molecule has 2 aromatic carbocycles. The van der Waals surface area contributed by atoms with Crippen molar-refractivity contribution in [1.29, 1.82) is 0 Å². The fraction of sp³-hybridized carbons (Fsp3) is 0.250. The van der Waals surface area contributed by atoms with Gasteiger partial charge in [0, 0.05) is 23.2 Å². The van der Waals surface area contributed by atoms with E-state index >= 15 is 0 Å². The van der Waals surface area contributed by atoms with Crippen LogP contribution in [0, 0.1) is 0 Å². The van der Waals surface area contributed by atoms with Crippen LogP contribution in [-0.4, -0.2) is 36.1 Å². The zero-order chi connectivity index (χ0) is 22.8. The maximum absolute atomic E-state index is 13.0. The molecule has 0 saturated carbocycles. The van der Waals surface area contributed by atoms with E-state index in [2.05, 4.69) is 37.8 Å². The maximum Gasteiger partial charge on any atom is 0.278 e. The van der Waals surface area contributed by atoms with E-state index in [-0.39, 0.29) is 18.0 Å². The molecule has 2 N–H and O–H groups in total. The van der Waals surface area contributed by atoms with Gasteiger partial charge in [-0.3, -0.25) is 14.9 Å². The highest BCUT2D eigenvalue weighted by Crippen LogP contribution is 2.31. The molecule has 1 amide bonds. The zero-order valence-corrected chi connectivity index (χ0v) is 18.2. The summed E-state index contributed by atoms with van der Waals surface area (Å²) < 4.78 is 1.84. The van der Waals surface area contributed by atoms with E-state index in [0.717, 1.165) is 40.8 Å². The molecule has 3 heterocycles. The van der Waals surface area contributed by atoms with E-state index < -0.39 is 0 Å². The number of tetrazole rings is 1.